The maximum atomic E-state index is 13.2. The molecule has 0 spiro atoms. The maximum absolute atomic E-state index is 13.2. The lowest BCUT2D eigenvalue weighted by atomic mass is 10.0. The van der Waals surface area contributed by atoms with Crippen LogP contribution in [0.2, 0.25) is 1.41 Å². The molecule has 43 heavy (non-hydrogen) atoms. The molecule has 250 valence electrons. The van der Waals surface area contributed by atoms with Crippen LogP contribution in [0.1, 0.15) is 149 Å². The molecule has 0 aromatic carbocycles. The van der Waals surface area contributed by atoms with E-state index in [0.29, 0.717) is 25.8 Å². The van der Waals surface area contributed by atoms with E-state index in [0.717, 1.165) is 30.6 Å². The summed E-state index contributed by atoms with van der Waals surface area (Å²) in [5.41, 5.74) is 12.9. The van der Waals surface area contributed by atoms with Gasteiger partial charge in [0.25, 0.3) is 0 Å². The zero-order chi connectivity index (χ0) is 33.2. The molecule has 0 bridgehead atoms. The number of rotatable bonds is 29. The molecule has 0 rings (SSSR count). The zero-order valence-electron chi connectivity index (χ0n) is 27.9. The van der Waals surface area contributed by atoms with Gasteiger partial charge >= 0.3 is 5.97 Å². The van der Waals surface area contributed by atoms with Crippen molar-refractivity contribution in [3.63, 3.8) is 0 Å². The fourth-order valence-electron chi connectivity index (χ4n) is 5.07. The lowest BCUT2D eigenvalue weighted by Crippen LogP contribution is -2.51. The molecule has 11 nitrogen and oxygen atoms in total. The number of imide groups is 1. The summed E-state index contributed by atoms with van der Waals surface area (Å²) in [6.45, 7) is 4.02. The molecule has 0 saturated heterocycles. The number of amides is 4. The van der Waals surface area contributed by atoms with Gasteiger partial charge in [0.15, 0.2) is 0 Å². The van der Waals surface area contributed by atoms with Gasteiger partial charge < -0.3 is 27.6 Å². The first-order valence-corrected chi connectivity index (χ1v) is 16.6. The second-order valence-corrected chi connectivity index (χ2v) is 11.7. The number of carbonyl (C=O) groups is 5. The van der Waals surface area contributed by atoms with Crippen LogP contribution in [0.3, 0.4) is 0 Å². The van der Waals surface area contributed by atoms with Crippen LogP contribution in [0.5, 0.6) is 0 Å². The lowest BCUT2D eigenvalue weighted by Gasteiger charge is -2.28. The van der Waals surface area contributed by atoms with Crippen LogP contribution in [0, 0.1) is 0 Å². The van der Waals surface area contributed by atoms with Crippen molar-refractivity contribution in [3.8, 4) is 0 Å². The predicted molar refractivity (Wildman–Crippen MR) is 170 cm³/mol. The summed E-state index contributed by atoms with van der Waals surface area (Å²) in [7, 11) is 0. The fourth-order valence-corrected chi connectivity index (χ4v) is 5.07. The van der Waals surface area contributed by atoms with Crippen LogP contribution < -0.4 is 22.5 Å². The average molecular weight is 613 g/mol. The van der Waals surface area contributed by atoms with E-state index in [-0.39, 0.29) is 25.7 Å². The highest BCUT2D eigenvalue weighted by Crippen LogP contribution is 2.18. The number of nitrogens with zero attached hydrogens (tertiary/aromatic N) is 1. The second kappa shape index (κ2) is 25.9. The Morgan fingerprint density at radius 1 is 0.744 bits per heavy atom. The zero-order valence-corrected chi connectivity index (χ0v) is 26.9. The number of unbranched alkanes of at least 4 members (excludes halogenated alkanes) is 15. The fraction of sp³-hybridized carbons (Fsp3) is 0.844. The van der Waals surface area contributed by atoms with E-state index in [9.17, 15) is 29.1 Å². The quantitative estimate of drug-likeness (QED) is 0.0770. The summed E-state index contributed by atoms with van der Waals surface area (Å²) in [4.78, 5) is 63.4. The van der Waals surface area contributed by atoms with Crippen LogP contribution in [-0.4, -0.2) is 64.3 Å². The molecule has 0 saturated carbocycles. The van der Waals surface area contributed by atoms with Crippen LogP contribution in [0.15, 0.2) is 0 Å². The predicted octanol–water partition coefficient (Wildman–Crippen LogP) is 4.28. The standard InChI is InChI=1S/C32H61N5O6/c1-3-4-5-6-7-8-9-10-11-12-13-14-15-16-17-21-28(38)37(27(32(42)43)20-18-19-24-33)29(39)23-22-26(30(35)40)36-31(41)25(2)34/h25-27H,3-24,33-34H2,1-2H3,(H2,35,40)(H,36,41)(H,42,43)/t25-,26-,27-/m0/s1/i/hD. The van der Waals surface area contributed by atoms with Crippen molar-refractivity contribution in [2.24, 2.45) is 17.2 Å². The van der Waals surface area contributed by atoms with Crippen molar-refractivity contribution in [2.45, 2.75) is 167 Å². The Kier molecular flexibility index (Phi) is 23.2. The smallest absolute Gasteiger partial charge is 0.326 e. The van der Waals surface area contributed by atoms with E-state index >= 15 is 0 Å². The highest BCUT2D eigenvalue weighted by atomic mass is 16.4. The summed E-state index contributed by atoms with van der Waals surface area (Å²) in [5.74, 6) is -4.10. The van der Waals surface area contributed by atoms with Gasteiger partial charge in [0.2, 0.25) is 23.6 Å². The molecule has 0 aromatic rings. The number of nitrogens with two attached hydrogens (primary N) is 3. The van der Waals surface area contributed by atoms with Gasteiger partial charge in [-0.15, -0.1) is 0 Å². The Balaban J connectivity index is 4.82. The Morgan fingerprint density at radius 3 is 1.67 bits per heavy atom. The highest BCUT2D eigenvalue weighted by Gasteiger charge is 2.34. The molecule has 0 aliphatic heterocycles. The van der Waals surface area contributed by atoms with E-state index in [4.69, 9.17) is 12.9 Å². The van der Waals surface area contributed by atoms with Crippen molar-refractivity contribution < 1.29 is 30.5 Å². The van der Waals surface area contributed by atoms with E-state index in [1.54, 1.807) is 0 Å². The molecular weight excluding hydrogens is 550 g/mol. The Morgan fingerprint density at radius 2 is 1.23 bits per heavy atom. The SMILES string of the molecule is [2H]N[C@@H](C)C(=O)N[C@@H](CCC(=O)N(C(=O)CCCCCCCCCCCCCCCCC)[C@@H](CCCCN)C(=O)O)C(N)=O. The molecule has 0 unspecified atom stereocenters. The summed E-state index contributed by atoms with van der Waals surface area (Å²) in [6, 6.07) is -3.47. The van der Waals surface area contributed by atoms with Gasteiger partial charge in [-0.05, 0) is 45.6 Å². The molecule has 0 radical (unpaired) electrons. The molecule has 11 heteroatoms. The van der Waals surface area contributed by atoms with Gasteiger partial charge in [0, 0.05) is 12.8 Å². The first-order valence-electron chi connectivity index (χ1n) is 17.1. The molecule has 0 aromatic heterocycles. The first-order chi connectivity index (χ1) is 21.1. The molecule has 0 fully saturated rings. The number of primary amides is 1. The number of nitrogens with one attached hydrogen (secondary N) is 1. The third-order valence-electron chi connectivity index (χ3n) is 7.76. The molecule has 0 aliphatic rings. The second-order valence-electron chi connectivity index (χ2n) is 11.7. The number of hydrogen-bond donors (Lipinski definition) is 5. The Labute approximate surface area is 260 Å². The molecule has 4 amide bonds. The molecule has 3 atom stereocenters. The molecular formula is C32H61N5O6. The summed E-state index contributed by atoms with van der Waals surface area (Å²) >= 11 is 0. The minimum atomic E-state index is -1.34. The van der Waals surface area contributed by atoms with E-state index in [1.807, 2.05) is 5.73 Å². The highest BCUT2D eigenvalue weighted by molar-refractivity contribution is 5.99. The first kappa shape index (κ1) is 38.5. The van der Waals surface area contributed by atoms with Crippen LogP contribution in [-0.2, 0) is 24.0 Å². The minimum absolute atomic E-state index is 0.0489. The van der Waals surface area contributed by atoms with Crippen molar-refractivity contribution >= 4 is 29.6 Å². The monoisotopic (exact) mass is 612 g/mol. The van der Waals surface area contributed by atoms with Crippen LogP contribution >= 0.6 is 0 Å². The third kappa shape index (κ3) is 20.1. The van der Waals surface area contributed by atoms with Gasteiger partial charge in [-0.3, -0.25) is 24.1 Å². The molecule has 8 N–H and O–H groups in total. The molecule has 0 aliphatic carbocycles. The van der Waals surface area contributed by atoms with E-state index in [2.05, 4.69) is 12.2 Å². The van der Waals surface area contributed by atoms with Crippen molar-refractivity contribution in [2.75, 3.05) is 6.54 Å². The summed E-state index contributed by atoms with van der Waals surface area (Å²) in [5, 5.41) is 12.3. The number of carbonyl (C=O) groups excluding carboxylic acids is 4. The molecule has 0 heterocycles. The number of carboxylic acid groups (broad SMARTS) is 1. The minimum Gasteiger partial charge on any atom is -0.480 e. The normalized spacial score (nSPS) is 13.5. The average Bonchev–Trinajstić information content (AvgIpc) is 2.99. The number of carboxylic acids is 1. The van der Waals surface area contributed by atoms with Gasteiger partial charge in [0.05, 0.1) is 6.04 Å². The number of aliphatic carboxylic acids is 1. The van der Waals surface area contributed by atoms with E-state index < -0.39 is 47.7 Å². The third-order valence-corrected chi connectivity index (χ3v) is 7.76. The van der Waals surface area contributed by atoms with Crippen LogP contribution in [0.25, 0.3) is 0 Å². The van der Waals surface area contributed by atoms with Crippen molar-refractivity contribution in [1.29, 1.82) is 0 Å². The summed E-state index contributed by atoms with van der Waals surface area (Å²) < 4.78 is 7.09. The van der Waals surface area contributed by atoms with Gasteiger partial charge in [-0.2, -0.15) is 0 Å². The number of hydrogen-bond acceptors (Lipinski definition) is 7. The summed E-state index contributed by atoms with van der Waals surface area (Å²) in [6.07, 6.45) is 18.2. The lowest BCUT2D eigenvalue weighted by molar-refractivity contribution is -0.158. The largest absolute Gasteiger partial charge is 0.480 e. The van der Waals surface area contributed by atoms with Gasteiger partial charge in [-0.25, -0.2) is 4.79 Å². The van der Waals surface area contributed by atoms with E-state index in [1.165, 1.54) is 71.1 Å². The van der Waals surface area contributed by atoms with Crippen molar-refractivity contribution in [1.82, 2.24) is 10.2 Å². The Hall–Kier alpha value is -2.53. The topological polar surface area (TPSA) is 199 Å². The van der Waals surface area contributed by atoms with Gasteiger partial charge in [0.1, 0.15) is 13.5 Å². The Bertz CT molecular complexity index is 831. The van der Waals surface area contributed by atoms with Crippen molar-refractivity contribution in [3.05, 3.63) is 0 Å². The maximum Gasteiger partial charge on any atom is 0.326 e. The van der Waals surface area contributed by atoms with Gasteiger partial charge in [-0.1, -0.05) is 96.8 Å². The van der Waals surface area contributed by atoms with Crippen LogP contribution in [0.4, 0.5) is 0 Å².